The van der Waals surface area contributed by atoms with Crippen molar-refractivity contribution in [2.45, 2.75) is 132 Å². The number of allylic oxidation sites excluding steroid dienone is 6. The van der Waals surface area contributed by atoms with Crippen LogP contribution in [0, 0.1) is 29.6 Å². The Morgan fingerprint density at radius 2 is 1.55 bits per heavy atom. The number of hydrogen-bond acceptors (Lipinski definition) is 1. The second kappa shape index (κ2) is 17.1. The van der Waals surface area contributed by atoms with Gasteiger partial charge in [0.1, 0.15) is 0 Å². The Labute approximate surface area is 301 Å². The van der Waals surface area contributed by atoms with Gasteiger partial charge < -0.3 is 5.32 Å². The van der Waals surface area contributed by atoms with E-state index in [0.29, 0.717) is 16.7 Å². The fraction of sp³-hybridized carbons (Fsp3) is 0.500. The van der Waals surface area contributed by atoms with Crippen LogP contribution in [-0.2, 0) is 0 Å². The molecule has 3 aliphatic carbocycles. The summed E-state index contributed by atoms with van der Waals surface area (Å²) in [5.41, 5.74) is 14.3. The highest BCUT2D eigenvalue weighted by atomic mass is 14.9. The number of rotatable bonds is 16. The lowest BCUT2D eigenvalue weighted by Crippen LogP contribution is -2.43. The van der Waals surface area contributed by atoms with E-state index in [1.54, 1.807) is 5.57 Å². The minimum atomic E-state index is 0.146. The monoisotopic (exact) mass is 658 g/mol. The van der Waals surface area contributed by atoms with E-state index >= 15 is 0 Å². The van der Waals surface area contributed by atoms with Gasteiger partial charge in [-0.15, -0.1) is 0 Å². The molecule has 5 rings (SSSR count). The molecule has 1 spiro atoms. The van der Waals surface area contributed by atoms with Crippen molar-refractivity contribution in [2.24, 2.45) is 22.7 Å². The average Bonchev–Trinajstić information content (AvgIpc) is 3.83. The van der Waals surface area contributed by atoms with Gasteiger partial charge in [-0.3, -0.25) is 0 Å². The zero-order valence-corrected chi connectivity index (χ0v) is 32.5. The van der Waals surface area contributed by atoms with Gasteiger partial charge in [0.15, 0.2) is 0 Å². The second-order valence-corrected chi connectivity index (χ2v) is 15.8. The van der Waals surface area contributed by atoms with Gasteiger partial charge in [0.05, 0.1) is 0 Å². The number of nitrogens with one attached hydrogen (secondary N) is 1. The van der Waals surface area contributed by atoms with Gasteiger partial charge in [-0.1, -0.05) is 138 Å². The summed E-state index contributed by atoms with van der Waals surface area (Å²) in [6.07, 6.45) is 20.4. The van der Waals surface area contributed by atoms with Gasteiger partial charge in [0.2, 0.25) is 0 Å². The zero-order valence-electron chi connectivity index (χ0n) is 32.5. The Balaban J connectivity index is 0.00000265. The molecule has 0 amide bonds. The van der Waals surface area contributed by atoms with E-state index < -0.39 is 0 Å². The van der Waals surface area contributed by atoms with Gasteiger partial charge >= 0.3 is 0 Å². The van der Waals surface area contributed by atoms with Crippen molar-refractivity contribution in [3.8, 4) is 0 Å². The summed E-state index contributed by atoms with van der Waals surface area (Å²) in [6.45, 7) is 30.8. The van der Waals surface area contributed by atoms with Crippen molar-refractivity contribution in [1.82, 2.24) is 5.32 Å². The van der Waals surface area contributed by atoms with Gasteiger partial charge in [0.25, 0.3) is 0 Å². The highest BCUT2D eigenvalue weighted by molar-refractivity contribution is 5.83. The summed E-state index contributed by atoms with van der Waals surface area (Å²) >= 11 is 0. The van der Waals surface area contributed by atoms with E-state index in [1.165, 1.54) is 103 Å². The molecule has 2 unspecified atom stereocenters. The molecule has 0 aromatic heterocycles. The van der Waals surface area contributed by atoms with Gasteiger partial charge in [-0.05, 0) is 147 Å². The molecule has 0 bridgehead atoms. The largest absolute Gasteiger partial charge is 0.379 e. The number of hydrogen-bond donors (Lipinski definition) is 1. The maximum atomic E-state index is 4.49. The maximum absolute atomic E-state index is 4.49. The molecule has 0 heterocycles. The first-order valence-corrected chi connectivity index (χ1v) is 19.5. The van der Waals surface area contributed by atoms with Crippen LogP contribution in [0.5, 0.6) is 0 Å². The first kappa shape index (κ1) is 38.5. The van der Waals surface area contributed by atoms with E-state index in [4.69, 9.17) is 0 Å². The summed E-state index contributed by atoms with van der Waals surface area (Å²) in [4.78, 5) is 0. The molecular formula is C48H67N. The van der Waals surface area contributed by atoms with Crippen LogP contribution in [0.1, 0.15) is 147 Å². The van der Waals surface area contributed by atoms with Gasteiger partial charge in [0, 0.05) is 11.7 Å². The van der Waals surface area contributed by atoms with Gasteiger partial charge in [-0.25, -0.2) is 0 Å². The quantitative estimate of drug-likeness (QED) is 0.140. The first-order chi connectivity index (χ1) is 23.5. The second-order valence-electron chi connectivity index (χ2n) is 15.8. The summed E-state index contributed by atoms with van der Waals surface area (Å²) in [7, 11) is 0. The van der Waals surface area contributed by atoms with Gasteiger partial charge in [-0.2, -0.15) is 0 Å². The molecule has 0 radical (unpaired) electrons. The molecule has 3 fully saturated rings. The SMILES string of the molecule is C=C/C(=C\C(=C/C)C(=C)NC(C)c1ccc(C(=C2CC3(C2)CC(C)C3)c2ccc(C)cc2)cc1)C(CCC)CCCC(=C)C1(C)CC1.CC. The molecule has 49 heavy (non-hydrogen) atoms. The smallest absolute Gasteiger partial charge is 0.0485 e. The maximum Gasteiger partial charge on any atom is 0.0485 e. The molecular weight excluding hydrogens is 591 g/mol. The van der Waals surface area contributed by atoms with Crippen molar-refractivity contribution in [3.05, 3.63) is 137 Å². The van der Waals surface area contributed by atoms with Crippen LogP contribution in [0.25, 0.3) is 5.57 Å². The molecule has 0 aliphatic heterocycles. The average molecular weight is 658 g/mol. The molecule has 1 N–H and O–H groups in total. The van der Waals surface area contributed by atoms with Crippen LogP contribution in [0.3, 0.4) is 0 Å². The minimum Gasteiger partial charge on any atom is -0.379 e. The fourth-order valence-corrected chi connectivity index (χ4v) is 8.50. The normalized spacial score (nSPS) is 22.1. The standard InChI is InChI=1S/C46H61N.C2H6/c1-10-14-40(16-13-15-34(6)45(9)25-26-45)38(12-3)27-37(11-2)35(7)47-36(8)39-21-23-42(24-22-39)44(41-19-17-32(4)18-20-41)43-30-46(31-43)28-33(5)29-46;1-2/h11-12,17-24,27,33,36,40,47H,3,6-7,10,13-16,25-26,28-31H2,1-2,4-5,8-9H3;1-2H3/b37-11+,38-27+,44-43?;. The van der Waals surface area contributed by atoms with Crippen molar-refractivity contribution < 1.29 is 0 Å². The topological polar surface area (TPSA) is 12.0 Å². The van der Waals surface area contributed by atoms with Crippen molar-refractivity contribution in [1.29, 1.82) is 0 Å². The Bertz CT molecular complexity index is 1520. The van der Waals surface area contributed by atoms with Crippen molar-refractivity contribution >= 4 is 5.57 Å². The van der Waals surface area contributed by atoms with E-state index in [-0.39, 0.29) is 6.04 Å². The van der Waals surface area contributed by atoms with E-state index in [1.807, 2.05) is 13.8 Å². The minimum absolute atomic E-state index is 0.146. The molecule has 264 valence electrons. The predicted molar refractivity (Wildman–Crippen MR) is 217 cm³/mol. The molecule has 0 saturated heterocycles. The van der Waals surface area contributed by atoms with E-state index in [2.05, 4.69) is 133 Å². The molecule has 3 aliphatic rings. The summed E-state index contributed by atoms with van der Waals surface area (Å²) < 4.78 is 0. The Kier molecular flexibility index (Phi) is 13.4. The first-order valence-electron chi connectivity index (χ1n) is 19.5. The molecule has 2 aromatic rings. The van der Waals surface area contributed by atoms with Crippen LogP contribution >= 0.6 is 0 Å². The predicted octanol–water partition coefficient (Wildman–Crippen LogP) is 14.2. The van der Waals surface area contributed by atoms with Crippen molar-refractivity contribution in [3.63, 3.8) is 0 Å². The molecule has 2 aromatic carbocycles. The highest BCUT2D eigenvalue weighted by Gasteiger charge is 2.49. The highest BCUT2D eigenvalue weighted by Crippen LogP contribution is 2.62. The van der Waals surface area contributed by atoms with Crippen LogP contribution in [0.4, 0.5) is 0 Å². The summed E-state index contributed by atoms with van der Waals surface area (Å²) in [5, 5.41) is 3.73. The Morgan fingerprint density at radius 1 is 0.959 bits per heavy atom. The third-order valence-corrected chi connectivity index (χ3v) is 11.7. The Hall–Kier alpha value is -3.32. The lowest BCUT2D eigenvalue weighted by Gasteiger charge is -2.55. The lowest BCUT2D eigenvalue weighted by atomic mass is 9.49. The van der Waals surface area contributed by atoms with E-state index in [0.717, 1.165) is 23.6 Å². The third kappa shape index (κ3) is 9.48. The molecule has 2 atom stereocenters. The van der Waals surface area contributed by atoms with Crippen LogP contribution in [0.15, 0.2) is 114 Å². The van der Waals surface area contributed by atoms with Crippen LogP contribution in [0.2, 0.25) is 0 Å². The lowest BCUT2D eigenvalue weighted by molar-refractivity contribution is 0.0246. The fourth-order valence-electron chi connectivity index (χ4n) is 8.50. The number of aryl methyl sites for hydroxylation is 1. The zero-order chi connectivity index (χ0) is 35.8. The summed E-state index contributed by atoms with van der Waals surface area (Å²) in [5.74, 6) is 1.41. The molecule has 1 heteroatoms. The van der Waals surface area contributed by atoms with Crippen molar-refractivity contribution in [2.75, 3.05) is 0 Å². The van der Waals surface area contributed by atoms with Crippen LogP contribution < -0.4 is 5.32 Å². The molecule has 3 saturated carbocycles. The third-order valence-electron chi connectivity index (χ3n) is 11.7. The van der Waals surface area contributed by atoms with E-state index in [9.17, 15) is 0 Å². The number of benzene rings is 2. The Morgan fingerprint density at radius 3 is 2.06 bits per heavy atom. The van der Waals surface area contributed by atoms with Crippen LogP contribution in [-0.4, -0.2) is 0 Å². The summed E-state index contributed by atoms with van der Waals surface area (Å²) in [6, 6.07) is 18.6. The molecule has 1 nitrogen and oxygen atoms in total.